The first-order valence-corrected chi connectivity index (χ1v) is 5.70. The van der Waals surface area contributed by atoms with Crippen LogP contribution in [-0.4, -0.2) is 17.1 Å². The lowest BCUT2D eigenvalue weighted by Gasteiger charge is -2.12. The predicted octanol–water partition coefficient (Wildman–Crippen LogP) is 2.62. The summed E-state index contributed by atoms with van der Waals surface area (Å²) in [6, 6.07) is 6.40. The van der Waals surface area contributed by atoms with Gasteiger partial charge in [-0.15, -0.1) is 0 Å². The standard InChI is InChI=1S/C13H17NO2/c1-8(2)14-10-4-6-11-9(7-10)3-5-12(11)13(15)16/h4,6-8,12,14H,3,5H2,1-2H3,(H,15,16). The van der Waals surface area contributed by atoms with Crippen molar-refractivity contribution in [1.82, 2.24) is 0 Å². The maximum Gasteiger partial charge on any atom is 0.310 e. The largest absolute Gasteiger partial charge is 0.481 e. The van der Waals surface area contributed by atoms with Gasteiger partial charge in [-0.2, -0.15) is 0 Å². The van der Waals surface area contributed by atoms with Gasteiger partial charge >= 0.3 is 5.97 Å². The molecule has 86 valence electrons. The van der Waals surface area contributed by atoms with Crippen LogP contribution in [0.3, 0.4) is 0 Å². The molecular weight excluding hydrogens is 202 g/mol. The molecule has 2 N–H and O–H groups in total. The number of hydrogen-bond acceptors (Lipinski definition) is 2. The second-order valence-electron chi connectivity index (χ2n) is 4.64. The summed E-state index contributed by atoms with van der Waals surface area (Å²) in [7, 11) is 0. The molecule has 0 heterocycles. The van der Waals surface area contributed by atoms with Crippen molar-refractivity contribution < 1.29 is 9.90 Å². The van der Waals surface area contributed by atoms with Crippen LogP contribution in [-0.2, 0) is 11.2 Å². The summed E-state index contributed by atoms with van der Waals surface area (Å²) >= 11 is 0. The third-order valence-electron chi connectivity index (χ3n) is 2.97. The average molecular weight is 219 g/mol. The molecule has 0 aromatic heterocycles. The molecule has 1 unspecified atom stereocenters. The van der Waals surface area contributed by atoms with Gasteiger partial charge < -0.3 is 10.4 Å². The number of rotatable bonds is 3. The molecule has 1 atom stereocenters. The van der Waals surface area contributed by atoms with E-state index in [4.69, 9.17) is 5.11 Å². The van der Waals surface area contributed by atoms with E-state index in [2.05, 4.69) is 25.2 Å². The number of benzene rings is 1. The Bertz CT molecular complexity index is 412. The topological polar surface area (TPSA) is 49.3 Å². The molecule has 0 radical (unpaired) electrons. The Labute approximate surface area is 95.5 Å². The molecule has 2 rings (SSSR count). The number of carboxylic acids is 1. The monoisotopic (exact) mass is 219 g/mol. The molecule has 0 saturated heterocycles. The van der Waals surface area contributed by atoms with Gasteiger partial charge in [0.05, 0.1) is 5.92 Å². The second kappa shape index (κ2) is 4.16. The Morgan fingerprint density at radius 1 is 1.50 bits per heavy atom. The molecule has 0 spiro atoms. The van der Waals surface area contributed by atoms with E-state index in [1.54, 1.807) is 0 Å². The minimum atomic E-state index is -0.705. The predicted molar refractivity (Wildman–Crippen MR) is 63.9 cm³/mol. The SMILES string of the molecule is CC(C)Nc1ccc2c(c1)CCC2C(=O)O. The zero-order chi connectivity index (χ0) is 11.7. The molecule has 0 amide bonds. The molecule has 0 saturated carbocycles. The highest BCUT2D eigenvalue weighted by Gasteiger charge is 2.28. The summed E-state index contributed by atoms with van der Waals surface area (Å²) in [5.41, 5.74) is 3.25. The van der Waals surface area contributed by atoms with Gasteiger partial charge in [0, 0.05) is 11.7 Å². The first-order chi connectivity index (χ1) is 7.58. The first kappa shape index (κ1) is 11.0. The van der Waals surface area contributed by atoms with Crippen molar-refractivity contribution in [2.45, 2.75) is 38.6 Å². The van der Waals surface area contributed by atoms with E-state index in [1.165, 1.54) is 5.56 Å². The van der Waals surface area contributed by atoms with Gasteiger partial charge in [-0.1, -0.05) is 6.07 Å². The van der Waals surface area contributed by atoms with Crippen LogP contribution in [0.15, 0.2) is 18.2 Å². The molecule has 3 nitrogen and oxygen atoms in total. The van der Waals surface area contributed by atoms with Gasteiger partial charge in [0.1, 0.15) is 0 Å². The van der Waals surface area contributed by atoms with E-state index >= 15 is 0 Å². The van der Waals surface area contributed by atoms with Crippen LogP contribution in [0, 0.1) is 0 Å². The van der Waals surface area contributed by atoms with E-state index in [1.807, 2.05) is 12.1 Å². The molecule has 1 aromatic carbocycles. The van der Waals surface area contributed by atoms with Crippen molar-refractivity contribution in [3.63, 3.8) is 0 Å². The summed E-state index contributed by atoms with van der Waals surface area (Å²) in [6.07, 6.45) is 1.61. The van der Waals surface area contributed by atoms with Crippen molar-refractivity contribution >= 4 is 11.7 Å². The van der Waals surface area contributed by atoms with Crippen LogP contribution in [0.5, 0.6) is 0 Å². The molecule has 1 aliphatic carbocycles. The van der Waals surface area contributed by atoms with E-state index in [0.29, 0.717) is 6.04 Å². The summed E-state index contributed by atoms with van der Waals surface area (Å²) in [4.78, 5) is 11.0. The van der Waals surface area contributed by atoms with Gasteiger partial charge in [-0.05, 0) is 49.9 Å². The lowest BCUT2D eigenvalue weighted by molar-refractivity contribution is -0.138. The fourth-order valence-corrected chi connectivity index (χ4v) is 2.30. The lowest BCUT2D eigenvalue weighted by atomic mass is 10.0. The number of anilines is 1. The summed E-state index contributed by atoms with van der Waals surface area (Å²) in [6.45, 7) is 4.18. The minimum Gasteiger partial charge on any atom is -0.481 e. The van der Waals surface area contributed by atoms with Gasteiger partial charge in [-0.3, -0.25) is 4.79 Å². The Hall–Kier alpha value is -1.51. The Balaban J connectivity index is 2.25. The van der Waals surface area contributed by atoms with Crippen LogP contribution in [0.4, 0.5) is 5.69 Å². The number of aliphatic carboxylic acids is 1. The molecule has 1 aliphatic rings. The van der Waals surface area contributed by atoms with Crippen molar-refractivity contribution in [3.8, 4) is 0 Å². The number of carboxylic acid groups (broad SMARTS) is 1. The van der Waals surface area contributed by atoms with Crippen molar-refractivity contribution in [1.29, 1.82) is 0 Å². The van der Waals surface area contributed by atoms with Crippen molar-refractivity contribution in [2.24, 2.45) is 0 Å². The quantitative estimate of drug-likeness (QED) is 0.821. The van der Waals surface area contributed by atoms with Crippen LogP contribution < -0.4 is 5.32 Å². The van der Waals surface area contributed by atoms with Crippen molar-refractivity contribution in [3.05, 3.63) is 29.3 Å². The fourth-order valence-electron chi connectivity index (χ4n) is 2.30. The van der Waals surface area contributed by atoms with Crippen molar-refractivity contribution in [2.75, 3.05) is 5.32 Å². The highest BCUT2D eigenvalue weighted by atomic mass is 16.4. The third kappa shape index (κ3) is 2.03. The molecule has 0 bridgehead atoms. The number of aryl methyl sites for hydroxylation is 1. The molecule has 16 heavy (non-hydrogen) atoms. The Morgan fingerprint density at radius 3 is 2.88 bits per heavy atom. The van der Waals surface area contributed by atoms with Gasteiger partial charge in [0.25, 0.3) is 0 Å². The maximum absolute atomic E-state index is 11.0. The average Bonchev–Trinajstić information content (AvgIpc) is 2.59. The van der Waals surface area contributed by atoms with E-state index in [-0.39, 0.29) is 5.92 Å². The fraction of sp³-hybridized carbons (Fsp3) is 0.462. The highest BCUT2D eigenvalue weighted by molar-refractivity contribution is 5.78. The maximum atomic E-state index is 11.0. The van der Waals surface area contributed by atoms with Crippen LogP contribution in [0.2, 0.25) is 0 Å². The Kier molecular flexibility index (Phi) is 2.86. The van der Waals surface area contributed by atoms with Crippen LogP contribution in [0.25, 0.3) is 0 Å². The van der Waals surface area contributed by atoms with Crippen LogP contribution in [0.1, 0.15) is 37.3 Å². The van der Waals surface area contributed by atoms with E-state index in [9.17, 15) is 4.79 Å². The molecule has 0 aliphatic heterocycles. The van der Waals surface area contributed by atoms with E-state index in [0.717, 1.165) is 24.1 Å². The lowest BCUT2D eigenvalue weighted by Crippen LogP contribution is -2.10. The third-order valence-corrected chi connectivity index (χ3v) is 2.97. The molecule has 3 heteroatoms. The first-order valence-electron chi connectivity index (χ1n) is 5.70. The number of carbonyl (C=O) groups is 1. The highest BCUT2D eigenvalue weighted by Crippen LogP contribution is 2.34. The summed E-state index contributed by atoms with van der Waals surface area (Å²) < 4.78 is 0. The normalized spacial score (nSPS) is 18.6. The minimum absolute atomic E-state index is 0.303. The van der Waals surface area contributed by atoms with E-state index < -0.39 is 5.97 Å². The van der Waals surface area contributed by atoms with Gasteiger partial charge in [-0.25, -0.2) is 0 Å². The molecular formula is C13H17NO2. The van der Waals surface area contributed by atoms with Gasteiger partial charge in [0.2, 0.25) is 0 Å². The zero-order valence-corrected chi connectivity index (χ0v) is 9.66. The zero-order valence-electron chi connectivity index (χ0n) is 9.66. The number of fused-ring (bicyclic) bond motifs is 1. The van der Waals surface area contributed by atoms with Gasteiger partial charge in [0.15, 0.2) is 0 Å². The summed E-state index contributed by atoms with van der Waals surface area (Å²) in [5.74, 6) is -1.01. The molecule has 1 aromatic rings. The number of nitrogens with one attached hydrogen (secondary N) is 1. The second-order valence-corrected chi connectivity index (χ2v) is 4.64. The molecule has 0 fully saturated rings. The number of hydrogen-bond donors (Lipinski definition) is 2. The van der Waals surface area contributed by atoms with Crippen LogP contribution >= 0.6 is 0 Å². The summed E-state index contributed by atoms with van der Waals surface area (Å²) in [5, 5.41) is 12.4. The smallest absolute Gasteiger partial charge is 0.310 e. The Morgan fingerprint density at radius 2 is 2.25 bits per heavy atom.